The monoisotopic (exact) mass is 175 g/mol. The van der Waals surface area contributed by atoms with Gasteiger partial charge in [0, 0.05) is 30.4 Å². The molecule has 0 aliphatic rings. The van der Waals surface area contributed by atoms with Gasteiger partial charge in [0.1, 0.15) is 6.33 Å². The van der Waals surface area contributed by atoms with Crippen LogP contribution in [0.25, 0.3) is 0 Å². The van der Waals surface area contributed by atoms with E-state index in [9.17, 15) is 0 Å². The summed E-state index contributed by atoms with van der Waals surface area (Å²) < 4.78 is 1.83. The maximum absolute atomic E-state index is 5.60. The van der Waals surface area contributed by atoms with E-state index in [1.54, 1.807) is 18.6 Å². The lowest BCUT2D eigenvalue weighted by Crippen LogP contribution is -2.03. The van der Waals surface area contributed by atoms with Gasteiger partial charge < -0.3 is 10.3 Å². The first-order valence-electron chi connectivity index (χ1n) is 3.87. The lowest BCUT2D eigenvalue weighted by atomic mass is 10.3. The molecule has 0 spiro atoms. The number of nitrogens with two attached hydrogens (primary N) is 1. The molecule has 0 radical (unpaired) electrons. The highest BCUT2D eigenvalue weighted by Gasteiger charge is 1.98. The number of hydrogen-bond acceptors (Lipinski definition) is 4. The zero-order valence-corrected chi connectivity index (χ0v) is 6.96. The molecule has 0 unspecified atom stereocenters. The molecule has 5 heteroatoms. The van der Waals surface area contributed by atoms with Crippen molar-refractivity contribution in [3.63, 3.8) is 0 Å². The van der Waals surface area contributed by atoms with Crippen LogP contribution in [0.2, 0.25) is 0 Å². The van der Waals surface area contributed by atoms with Crippen LogP contribution in [0.3, 0.4) is 0 Å². The highest BCUT2D eigenvalue weighted by molar-refractivity contribution is 5.19. The molecule has 2 aromatic heterocycles. The van der Waals surface area contributed by atoms with E-state index >= 15 is 0 Å². The minimum Gasteiger partial charge on any atom is -0.369 e. The van der Waals surface area contributed by atoms with Gasteiger partial charge in [-0.3, -0.25) is 0 Å². The van der Waals surface area contributed by atoms with Gasteiger partial charge in [-0.25, -0.2) is 15.0 Å². The lowest BCUT2D eigenvalue weighted by molar-refractivity contribution is 0.800. The third-order valence-corrected chi connectivity index (χ3v) is 1.71. The van der Waals surface area contributed by atoms with E-state index in [1.165, 1.54) is 6.33 Å². The summed E-state index contributed by atoms with van der Waals surface area (Å²) >= 11 is 0. The average molecular weight is 175 g/mol. The van der Waals surface area contributed by atoms with Crippen molar-refractivity contribution in [1.82, 2.24) is 19.5 Å². The van der Waals surface area contributed by atoms with Gasteiger partial charge in [-0.2, -0.15) is 0 Å². The Bertz CT molecular complexity index is 380. The predicted octanol–water partition coefficient (Wildman–Crippen LogP) is 0.304. The van der Waals surface area contributed by atoms with Gasteiger partial charge in [0.2, 0.25) is 0 Å². The van der Waals surface area contributed by atoms with Gasteiger partial charge in [-0.1, -0.05) is 0 Å². The van der Waals surface area contributed by atoms with Crippen molar-refractivity contribution in [3.8, 4) is 0 Å². The smallest absolute Gasteiger partial charge is 0.200 e. The first-order chi connectivity index (χ1) is 6.36. The summed E-state index contributed by atoms with van der Waals surface area (Å²) in [7, 11) is 0. The number of anilines is 1. The Morgan fingerprint density at radius 2 is 2.08 bits per heavy atom. The first-order valence-corrected chi connectivity index (χ1v) is 3.87. The molecule has 0 aromatic carbocycles. The van der Waals surface area contributed by atoms with E-state index in [1.807, 2.05) is 10.8 Å². The van der Waals surface area contributed by atoms with E-state index in [2.05, 4.69) is 15.0 Å². The Labute approximate surface area is 75.3 Å². The van der Waals surface area contributed by atoms with E-state index in [0.29, 0.717) is 12.5 Å². The highest BCUT2D eigenvalue weighted by Crippen LogP contribution is 2.03. The Hall–Kier alpha value is -1.91. The van der Waals surface area contributed by atoms with Crippen LogP contribution < -0.4 is 5.73 Å². The van der Waals surface area contributed by atoms with E-state index in [-0.39, 0.29) is 0 Å². The Kier molecular flexibility index (Phi) is 1.91. The van der Waals surface area contributed by atoms with Crippen LogP contribution in [0.15, 0.2) is 31.1 Å². The van der Waals surface area contributed by atoms with Crippen LogP contribution in [-0.4, -0.2) is 19.5 Å². The topological polar surface area (TPSA) is 69.6 Å². The van der Waals surface area contributed by atoms with Crippen LogP contribution in [-0.2, 0) is 6.54 Å². The van der Waals surface area contributed by atoms with Crippen molar-refractivity contribution >= 4 is 5.95 Å². The molecule has 66 valence electrons. The second kappa shape index (κ2) is 3.22. The van der Waals surface area contributed by atoms with Gasteiger partial charge in [0.15, 0.2) is 5.95 Å². The fraction of sp³-hybridized carbons (Fsp3) is 0.125. The second-order valence-electron chi connectivity index (χ2n) is 2.66. The summed E-state index contributed by atoms with van der Waals surface area (Å²) in [5.41, 5.74) is 6.61. The zero-order valence-electron chi connectivity index (χ0n) is 6.96. The number of nitrogen functional groups attached to an aromatic ring is 1. The Morgan fingerprint density at radius 1 is 1.31 bits per heavy atom. The lowest BCUT2D eigenvalue weighted by Gasteiger charge is -2.02. The van der Waals surface area contributed by atoms with Crippen LogP contribution >= 0.6 is 0 Å². The summed E-state index contributed by atoms with van der Waals surface area (Å²) in [5, 5.41) is 0. The fourth-order valence-corrected chi connectivity index (χ4v) is 1.08. The number of rotatable bonds is 2. The van der Waals surface area contributed by atoms with Crippen molar-refractivity contribution in [2.24, 2.45) is 0 Å². The molecule has 0 fully saturated rings. The number of aromatic nitrogens is 4. The van der Waals surface area contributed by atoms with E-state index < -0.39 is 0 Å². The van der Waals surface area contributed by atoms with Crippen LogP contribution in [0, 0.1) is 0 Å². The SMILES string of the molecule is Nc1nccn1Cc1cncnc1. The molecule has 0 saturated carbocycles. The average Bonchev–Trinajstić information content (AvgIpc) is 2.54. The highest BCUT2D eigenvalue weighted by atomic mass is 15.1. The van der Waals surface area contributed by atoms with Gasteiger partial charge in [-0.05, 0) is 0 Å². The Balaban J connectivity index is 2.20. The minimum atomic E-state index is 0.504. The molecule has 2 rings (SSSR count). The third kappa shape index (κ3) is 1.64. The number of nitrogens with zero attached hydrogens (tertiary/aromatic N) is 4. The van der Waals surface area contributed by atoms with Crippen molar-refractivity contribution in [2.75, 3.05) is 5.73 Å². The Morgan fingerprint density at radius 3 is 2.69 bits per heavy atom. The van der Waals surface area contributed by atoms with Crippen molar-refractivity contribution in [1.29, 1.82) is 0 Å². The molecule has 0 amide bonds. The summed E-state index contributed by atoms with van der Waals surface area (Å²) in [6, 6.07) is 0. The molecule has 5 nitrogen and oxygen atoms in total. The van der Waals surface area contributed by atoms with Gasteiger partial charge in [-0.15, -0.1) is 0 Å². The molecule has 13 heavy (non-hydrogen) atoms. The summed E-state index contributed by atoms with van der Waals surface area (Å²) in [4.78, 5) is 11.7. The zero-order chi connectivity index (χ0) is 9.10. The van der Waals surface area contributed by atoms with E-state index in [4.69, 9.17) is 5.73 Å². The number of hydrogen-bond donors (Lipinski definition) is 1. The van der Waals surface area contributed by atoms with Crippen molar-refractivity contribution < 1.29 is 0 Å². The first kappa shape index (κ1) is 7.72. The molecule has 2 N–H and O–H groups in total. The molecule has 0 saturated heterocycles. The molecule has 0 bridgehead atoms. The summed E-state index contributed by atoms with van der Waals surface area (Å²) in [6.07, 6.45) is 8.50. The normalized spacial score (nSPS) is 10.2. The predicted molar refractivity (Wildman–Crippen MR) is 47.8 cm³/mol. The standard InChI is InChI=1S/C8H9N5/c9-8-12-1-2-13(8)5-7-3-10-6-11-4-7/h1-4,6H,5H2,(H2,9,12). The van der Waals surface area contributed by atoms with Crippen molar-refractivity contribution in [2.45, 2.75) is 6.54 Å². The maximum Gasteiger partial charge on any atom is 0.200 e. The van der Waals surface area contributed by atoms with Crippen LogP contribution in [0.5, 0.6) is 0 Å². The van der Waals surface area contributed by atoms with Gasteiger partial charge in [0.25, 0.3) is 0 Å². The molecular weight excluding hydrogens is 166 g/mol. The van der Waals surface area contributed by atoms with Crippen LogP contribution in [0.1, 0.15) is 5.56 Å². The maximum atomic E-state index is 5.60. The number of imidazole rings is 1. The summed E-state index contributed by atoms with van der Waals surface area (Å²) in [6.45, 7) is 0.659. The van der Waals surface area contributed by atoms with Crippen molar-refractivity contribution in [3.05, 3.63) is 36.7 Å². The fourth-order valence-electron chi connectivity index (χ4n) is 1.08. The third-order valence-electron chi connectivity index (χ3n) is 1.71. The molecule has 0 aliphatic heterocycles. The molecule has 0 aliphatic carbocycles. The van der Waals surface area contributed by atoms with Crippen LogP contribution in [0.4, 0.5) is 5.95 Å². The van der Waals surface area contributed by atoms with Gasteiger partial charge >= 0.3 is 0 Å². The second-order valence-corrected chi connectivity index (χ2v) is 2.66. The molecule has 2 aromatic rings. The summed E-state index contributed by atoms with van der Waals surface area (Å²) in [5.74, 6) is 0.504. The molecular formula is C8H9N5. The van der Waals surface area contributed by atoms with E-state index in [0.717, 1.165) is 5.56 Å². The molecule has 2 heterocycles. The largest absolute Gasteiger partial charge is 0.369 e. The minimum absolute atomic E-state index is 0.504. The quantitative estimate of drug-likeness (QED) is 0.712. The molecule has 0 atom stereocenters. The van der Waals surface area contributed by atoms with Gasteiger partial charge in [0.05, 0.1) is 6.54 Å².